The Bertz CT molecular complexity index is 1700. The monoisotopic (exact) mass is 1110 g/mol. The molecule has 1 atom stereocenters. The second-order valence-corrected chi connectivity index (χ2v) is 21.6. The summed E-state index contributed by atoms with van der Waals surface area (Å²) in [6, 6.07) is 0. The van der Waals surface area contributed by atoms with Gasteiger partial charge >= 0.3 is 17.9 Å². The van der Waals surface area contributed by atoms with Gasteiger partial charge in [0.15, 0.2) is 6.10 Å². The maximum atomic E-state index is 12.9. The van der Waals surface area contributed by atoms with Gasteiger partial charge in [-0.1, -0.05) is 315 Å². The Kier molecular flexibility index (Phi) is 63.3. The molecule has 0 saturated carbocycles. The smallest absolute Gasteiger partial charge is 0.309 e. The van der Waals surface area contributed by atoms with Crippen molar-refractivity contribution in [2.45, 2.75) is 303 Å². The Hall–Kier alpha value is -4.45. The third kappa shape index (κ3) is 64.4. The normalized spacial score (nSPS) is 13.0. The molecule has 6 heteroatoms. The Morgan fingerprint density at radius 3 is 0.875 bits per heavy atom. The van der Waals surface area contributed by atoms with Gasteiger partial charge in [-0.2, -0.15) is 0 Å². The summed E-state index contributed by atoms with van der Waals surface area (Å²) in [6.07, 6.45) is 95.1. The minimum Gasteiger partial charge on any atom is -0.462 e. The molecule has 0 aromatic carbocycles. The van der Waals surface area contributed by atoms with Crippen LogP contribution < -0.4 is 0 Å². The number of unbranched alkanes of at least 4 members (excludes halogenated alkanes) is 27. The van der Waals surface area contributed by atoms with E-state index in [1.165, 1.54) is 148 Å². The van der Waals surface area contributed by atoms with E-state index in [0.717, 1.165) is 103 Å². The van der Waals surface area contributed by atoms with Crippen molar-refractivity contribution in [1.82, 2.24) is 0 Å². The maximum Gasteiger partial charge on any atom is 0.309 e. The van der Waals surface area contributed by atoms with Crippen LogP contribution in [0.5, 0.6) is 0 Å². The number of rotatable bonds is 59. The van der Waals surface area contributed by atoms with Gasteiger partial charge < -0.3 is 14.2 Å². The fraction of sp³-hybridized carbons (Fsp3) is 0.662. The van der Waals surface area contributed by atoms with Gasteiger partial charge in [-0.3, -0.25) is 14.4 Å². The van der Waals surface area contributed by atoms with E-state index in [9.17, 15) is 14.4 Å². The van der Waals surface area contributed by atoms with Crippen LogP contribution >= 0.6 is 0 Å². The van der Waals surface area contributed by atoms with Crippen molar-refractivity contribution in [2.24, 2.45) is 0 Å². The summed E-state index contributed by atoms with van der Waals surface area (Å²) < 4.78 is 16.8. The second kappa shape index (κ2) is 67.1. The lowest BCUT2D eigenvalue weighted by molar-refractivity contribution is -0.166. The molecule has 0 heterocycles. The molecule has 0 saturated heterocycles. The largest absolute Gasteiger partial charge is 0.462 e. The molecular weight excluding hydrogens is 985 g/mol. The Labute approximate surface area is 494 Å². The van der Waals surface area contributed by atoms with E-state index in [0.29, 0.717) is 12.8 Å². The van der Waals surface area contributed by atoms with Gasteiger partial charge in [-0.05, 0) is 96.3 Å². The number of carbonyl (C=O) groups excluding carboxylic acids is 3. The summed E-state index contributed by atoms with van der Waals surface area (Å²) in [4.78, 5) is 38.3. The average Bonchev–Trinajstić information content (AvgIpc) is 3.46. The third-order valence-electron chi connectivity index (χ3n) is 13.9. The fourth-order valence-corrected chi connectivity index (χ4v) is 9.05. The molecule has 0 amide bonds. The zero-order chi connectivity index (χ0) is 57.8. The Morgan fingerprint density at radius 2 is 0.537 bits per heavy atom. The first-order valence-corrected chi connectivity index (χ1v) is 33.2. The molecule has 1 unspecified atom stereocenters. The van der Waals surface area contributed by atoms with E-state index in [1.807, 2.05) is 6.08 Å². The zero-order valence-corrected chi connectivity index (χ0v) is 52.0. The summed E-state index contributed by atoms with van der Waals surface area (Å²) in [5.41, 5.74) is 0. The number of hydrogen-bond donors (Lipinski definition) is 0. The number of ether oxygens (including phenoxy) is 3. The van der Waals surface area contributed by atoms with Crippen LogP contribution in [0.15, 0.2) is 134 Å². The molecule has 0 N–H and O–H groups in total. The molecule has 0 aliphatic carbocycles. The van der Waals surface area contributed by atoms with E-state index in [1.54, 1.807) is 6.08 Å². The molecule has 80 heavy (non-hydrogen) atoms. The lowest BCUT2D eigenvalue weighted by Gasteiger charge is -2.18. The molecule has 0 radical (unpaired) electrons. The standard InChI is InChI=1S/C74H122O6/c1-4-7-10-13-16-19-22-25-28-30-32-34-35-36-37-38-40-41-43-46-49-52-55-58-61-64-67-73(76)79-70-71(69-78-72(75)66-63-60-57-54-51-48-45-27-24-21-18-15-12-9-6-3)80-74(77)68-65-62-59-56-53-50-47-44-42-39-33-31-29-26-23-20-17-14-11-8-5-2/h8-9,11-12,17-18,20-21,26-27,29,33,39,44-45,47,51,53-54,56,60,63,71H,4-7,10,13-16,19,22-25,28,30-32,34-38,40-43,46,48-50,52,55,57-59,61-62,64-70H2,1-3H3/b11-8-,12-9-,20-17-,21-18-,29-26-,39-33-,45-27-,47-44-,54-51-,56-53-,63-60-. The zero-order valence-electron chi connectivity index (χ0n) is 52.0. The highest BCUT2D eigenvalue weighted by molar-refractivity contribution is 5.72. The molecule has 0 aliphatic heterocycles. The highest BCUT2D eigenvalue weighted by atomic mass is 16.6. The van der Waals surface area contributed by atoms with Gasteiger partial charge in [0.25, 0.3) is 0 Å². The molecule has 454 valence electrons. The molecule has 0 rings (SSSR count). The topological polar surface area (TPSA) is 78.9 Å². The molecule has 0 spiro atoms. The number of allylic oxidation sites excluding steroid dienone is 21. The molecule has 0 bridgehead atoms. The molecule has 0 aliphatic rings. The van der Waals surface area contributed by atoms with Crippen molar-refractivity contribution in [2.75, 3.05) is 13.2 Å². The minimum atomic E-state index is -0.846. The number of hydrogen-bond acceptors (Lipinski definition) is 6. The van der Waals surface area contributed by atoms with Crippen molar-refractivity contribution in [3.8, 4) is 0 Å². The van der Waals surface area contributed by atoms with Gasteiger partial charge in [-0.15, -0.1) is 0 Å². The summed E-state index contributed by atoms with van der Waals surface area (Å²) >= 11 is 0. The molecule has 0 aromatic rings. The third-order valence-corrected chi connectivity index (χ3v) is 13.9. The van der Waals surface area contributed by atoms with Gasteiger partial charge in [0, 0.05) is 12.8 Å². The van der Waals surface area contributed by atoms with Crippen molar-refractivity contribution >= 4 is 17.9 Å². The molecule has 0 aromatic heterocycles. The first-order chi connectivity index (χ1) is 39.5. The van der Waals surface area contributed by atoms with Gasteiger partial charge in [0.05, 0.1) is 6.42 Å². The highest BCUT2D eigenvalue weighted by Crippen LogP contribution is 2.17. The van der Waals surface area contributed by atoms with Crippen LogP contribution in [0.25, 0.3) is 0 Å². The van der Waals surface area contributed by atoms with Gasteiger partial charge in [-0.25, -0.2) is 0 Å². The van der Waals surface area contributed by atoms with Crippen LogP contribution in [-0.2, 0) is 28.6 Å². The summed E-state index contributed by atoms with van der Waals surface area (Å²) in [6.45, 7) is 6.31. The van der Waals surface area contributed by atoms with E-state index in [-0.39, 0.29) is 38.0 Å². The predicted octanol–water partition coefficient (Wildman–Crippen LogP) is 22.9. The van der Waals surface area contributed by atoms with Crippen LogP contribution in [0.4, 0.5) is 0 Å². The second-order valence-electron chi connectivity index (χ2n) is 21.6. The summed E-state index contributed by atoms with van der Waals surface area (Å²) in [5.74, 6) is -1.10. The minimum absolute atomic E-state index is 0.113. The predicted molar refractivity (Wildman–Crippen MR) is 348 cm³/mol. The van der Waals surface area contributed by atoms with Gasteiger partial charge in [0.2, 0.25) is 0 Å². The summed E-state index contributed by atoms with van der Waals surface area (Å²) in [7, 11) is 0. The van der Waals surface area contributed by atoms with Crippen LogP contribution in [-0.4, -0.2) is 37.2 Å². The average molecular weight is 1110 g/mol. The van der Waals surface area contributed by atoms with Crippen molar-refractivity contribution in [3.63, 3.8) is 0 Å². The SMILES string of the molecule is CC/C=C\C/C=C\C/C=C\C/C=C\C/C=C\C/C=C\CCCCC(=O)OC(COC(=O)C/C=C\C/C=C\C/C=C\C/C=C\C/C=C\CC)COC(=O)CCCCCCCCCCCCCCCCCCCCCCCCCCCC. The van der Waals surface area contributed by atoms with Crippen LogP contribution in [0.2, 0.25) is 0 Å². The van der Waals surface area contributed by atoms with E-state index < -0.39 is 12.1 Å². The van der Waals surface area contributed by atoms with Crippen LogP contribution in [0.1, 0.15) is 297 Å². The fourth-order valence-electron chi connectivity index (χ4n) is 9.05. The van der Waals surface area contributed by atoms with Crippen molar-refractivity contribution < 1.29 is 28.6 Å². The van der Waals surface area contributed by atoms with Crippen molar-refractivity contribution in [3.05, 3.63) is 134 Å². The van der Waals surface area contributed by atoms with Crippen LogP contribution in [0.3, 0.4) is 0 Å². The molecule has 0 fully saturated rings. The van der Waals surface area contributed by atoms with E-state index in [4.69, 9.17) is 14.2 Å². The van der Waals surface area contributed by atoms with Crippen molar-refractivity contribution in [1.29, 1.82) is 0 Å². The number of esters is 3. The van der Waals surface area contributed by atoms with Gasteiger partial charge in [0.1, 0.15) is 13.2 Å². The number of carbonyl (C=O) groups is 3. The quantitative estimate of drug-likeness (QED) is 0.0261. The lowest BCUT2D eigenvalue weighted by Crippen LogP contribution is -2.30. The Morgan fingerprint density at radius 1 is 0.275 bits per heavy atom. The highest BCUT2D eigenvalue weighted by Gasteiger charge is 2.19. The first kappa shape index (κ1) is 75.5. The molecule has 6 nitrogen and oxygen atoms in total. The maximum absolute atomic E-state index is 12.9. The van der Waals surface area contributed by atoms with E-state index in [2.05, 4.69) is 142 Å². The van der Waals surface area contributed by atoms with E-state index >= 15 is 0 Å². The Balaban J connectivity index is 4.44. The van der Waals surface area contributed by atoms with Crippen LogP contribution in [0, 0.1) is 0 Å². The molecular formula is C74H122O6. The lowest BCUT2D eigenvalue weighted by atomic mass is 10.0. The first-order valence-electron chi connectivity index (χ1n) is 33.2. The summed E-state index contributed by atoms with van der Waals surface area (Å²) in [5, 5.41) is 0.